The molecule has 0 aliphatic heterocycles. The molecule has 2 heteroatoms. The number of benzene rings is 1. The van der Waals surface area contributed by atoms with E-state index in [0.717, 1.165) is 12.2 Å². The van der Waals surface area contributed by atoms with Crippen LogP contribution in [-0.2, 0) is 11.2 Å². The van der Waals surface area contributed by atoms with Gasteiger partial charge < -0.3 is 4.74 Å². The third-order valence-corrected chi connectivity index (χ3v) is 2.18. The van der Waals surface area contributed by atoms with Crippen LogP contribution >= 0.6 is 0 Å². The van der Waals surface area contributed by atoms with E-state index in [1.165, 1.54) is 25.3 Å². The number of rotatable bonds is 6. The number of ether oxygens (including phenoxy) is 1. The van der Waals surface area contributed by atoms with Crippen molar-refractivity contribution in [2.75, 3.05) is 6.61 Å². The summed E-state index contributed by atoms with van der Waals surface area (Å²) < 4.78 is 5.28. The van der Waals surface area contributed by atoms with E-state index in [2.05, 4.69) is 19.1 Å². The summed E-state index contributed by atoms with van der Waals surface area (Å²) in [5.41, 5.74) is 1.33. The van der Waals surface area contributed by atoms with E-state index in [-0.39, 0.29) is 12.4 Å². The average Bonchev–Trinajstić information content (AvgIpc) is 2.25. The van der Waals surface area contributed by atoms with E-state index in [9.17, 15) is 4.79 Å². The minimum absolute atomic E-state index is 0.0464. The third kappa shape index (κ3) is 4.63. The molecule has 15 heavy (non-hydrogen) atoms. The van der Waals surface area contributed by atoms with Crippen molar-refractivity contribution in [2.45, 2.75) is 33.1 Å². The van der Waals surface area contributed by atoms with Gasteiger partial charge in [-0.3, -0.25) is 4.79 Å². The van der Waals surface area contributed by atoms with Crippen LogP contribution in [-0.4, -0.2) is 12.4 Å². The third-order valence-electron chi connectivity index (χ3n) is 2.18. The maximum Gasteiger partial charge on any atom is 0.167 e. The molecule has 2 nitrogen and oxygen atoms in total. The van der Waals surface area contributed by atoms with Gasteiger partial charge in [0.15, 0.2) is 5.78 Å². The summed E-state index contributed by atoms with van der Waals surface area (Å²) in [6, 6.07) is 7.97. The molecule has 1 aromatic rings. The van der Waals surface area contributed by atoms with Gasteiger partial charge in [-0.25, -0.2) is 0 Å². The summed E-state index contributed by atoms with van der Waals surface area (Å²) in [5.74, 6) is 0.815. The molecule has 0 spiro atoms. The lowest BCUT2D eigenvalue weighted by atomic mass is 10.1. The lowest BCUT2D eigenvalue weighted by Gasteiger charge is -2.05. The second kappa shape index (κ2) is 6.23. The maximum absolute atomic E-state index is 10.7. The fourth-order valence-electron chi connectivity index (χ4n) is 1.32. The zero-order chi connectivity index (χ0) is 11.1. The van der Waals surface area contributed by atoms with Crippen molar-refractivity contribution in [3.8, 4) is 5.75 Å². The van der Waals surface area contributed by atoms with Crippen LogP contribution in [0, 0.1) is 0 Å². The van der Waals surface area contributed by atoms with Gasteiger partial charge in [0.05, 0.1) is 0 Å². The molecule has 0 heterocycles. The van der Waals surface area contributed by atoms with Gasteiger partial charge in [-0.05, 0) is 37.5 Å². The van der Waals surface area contributed by atoms with Crippen molar-refractivity contribution in [3.05, 3.63) is 29.8 Å². The molecule has 0 atom stereocenters. The molecule has 1 aromatic carbocycles. The monoisotopic (exact) mass is 206 g/mol. The van der Waals surface area contributed by atoms with Gasteiger partial charge in [-0.15, -0.1) is 0 Å². The first-order valence-electron chi connectivity index (χ1n) is 5.43. The predicted molar refractivity (Wildman–Crippen MR) is 61.2 cm³/mol. The van der Waals surface area contributed by atoms with E-state index in [4.69, 9.17) is 4.74 Å². The second-order valence-corrected chi connectivity index (χ2v) is 3.74. The Hall–Kier alpha value is -1.31. The van der Waals surface area contributed by atoms with Gasteiger partial charge in [0.1, 0.15) is 12.4 Å². The van der Waals surface area contributed by atoms with Crippen LogP contribution in [0.25, 0.3) is 0 Å². The first-order valence-corrected chi connectivity index (χ1v) is 5.43. The summed E-state index contributed by atoms with van der Waals surface area (Å²) in [7, 11) is 0. The summed E-state index contributed by atoms with van der Waals surface area (Å²) in [6.07, 6.45) is 3.54. The van der Waals surface area contributed by atoms with Crippen LogP contribution in [0.3, 0.4) is 0 Å². The molecule has 1 rings (SSSR count). The van der Waals surface area contributed by atoms with Crippen LogP contribution in [0.15, 0.2) is 24.3 Å². The molecule has 0 bridgehead atoms. The number of hydrogen-bond donors (Lipinski definition) is 0. The molecular formula is C13H18O2. The van der Waals surface area contributed by atoms with Crippen molar-refractivity contribution < 1.29 is 9.53 Å². The van der Waals surface area contributed by atoms with Gasteiger partial charge in [0.25, 0.3) is 0 Å². The molecule has 0 radical (unpaired) electrons. The number of carbonyl (C=O) groups excluding carboxylic acids is 1. The quantitative estimate of drug-likeness (QED) is 0.715. The molecule has 0 saturated heterocycles. The number of unbranched alkanes of at least 4 members (excludes halogenated alkanes) is 1. The molecule has 0 aromatic heterocycles. The lowest BCUT2D eigenvalue weighted by Crippen LogP contribution is -2.06. The average molecular weight is 206 g/mol. The molecular weight excluding hydrogens is 188 g/mol. The topological polar surface area (TPSA) is 26.3 Å². The highest BCUT2D eigenvalue weighted by atomic mass is 16.5. The largest absolute Gasteiger partial charge is 0.486 e. The fraction of sp³-hybridized carbons (Fsp3) is 0.462. The molecule has 0 saturated carbocycles. The zero-order valence-electron chi connectivity index (χ0n) is 9.45. The summed E-state index contributed by atoms with van der Waals surface area (Å²) in [4.78, 5) is 10.7. The predicted octanol–water partition coefficient (Wildman–Crippen LogP) is 3.00. The van der Waals surface area contributed by atoms with Crippen LogP contribution < -0.4 is 4.74 Å². The van der Waals surface area contributed by atoms with Crippen LogP contribution in [0.4, 0.5) is 0 Å². The van der Waals surface area contributed by atoms with Crippen LogP contribution in [0.1, 0.15) is 32.3 Å². The van der Waals surface area contributed by atoms with E-state index in [1.54, 1.807) is 0 Å². The van der Waals surface area contributed by atoms with Crippen molar-refractivity contribution in [3.63, 3.8) is 0 Å². The van der Waals surface area contributed by atoms with E-state index in [1.807, 2.05) is 12.1 Å². The normalized spacial score (nSPS) is 10.0. The summed E-state index contributed by atoms with van der Waals surface area (Å²) >= 11 is 0. The molecule has 0 aliphatic rings. The van der Waals surface area contributed by atoms with Crippen molar-refractivity contribution in [2.24, 2.45) is 0 Å². The molecule has 0 amide bonds. The minimum Gasteiger partial charge on any atom is -0.486 e. The minimum atomic E-state index is 0.0464. The molecule has 0 aliphatic carbocycles. The summed E-state index contributed by atoms with van der Waals surface area (Å²) in [5, 5.41) is 0. The summed E-state index contributed by atoms with van der Waals surface area (Å²) in [6.45, 7) is 3.87. The first-order chi connectivity index (χ1) is 7.22. The van der Waals surface area contributed by atoms with Gasteiger partial charge in [-0.1, -0.05) is 25.5 Å². The lowest BCUT2D eigenvalue weighted by molar-refractivity contribution is -0.118. The number of hydrogen-bond acceptors (Lipinski definition) is 2. The number of Topliss-reactive ketones (excluding diaryl/α,β-unsaturated/α-hetero) is 1. The highest BCUT2D eigenvalue weighted by Crippen LogP contribution is 2.13. The highest BCUT2D eigenvalue weighted by molar-refractivity contribution is 5.77. The SMILES string of the molecule is CCCCc1ccc(OCC(C)=O)cc1. The number of aryl methyl sites for hydroxylation is 1. The van der Waals surface area contributed by atoms with Gasteiger partial charge in [0, 0.05) is 0 Å². The van der Waals surface area contributed by atoms with Crippen molar-refractivity contribution >= 4 is 5.78 Å². The zero-order valence-corrected chi connectivity index (χ0v) is 9.45. The molecule has 0 unspecified atom stereocenters. The smallest absolute Gasteiger partial charge is 0.167 e. The number of carbonyl (C=O) groups is 1. The fourth-order valence-corrected chi connectivity index (χ4v) is 1.32. The van der Waals surface area contributed by atoms with Gasteiger partial charge >= 0.3 is 0 Å². The molecule has 0 fully saturated rings. The Bertz CT molecular complexity index is 301. The van der Waals surface area contributed by atoms with Crippen molar-refractivity contribution in [1.82, 2.24) is 0 Å². The Labute approximate surface area is 91.3 Å². The second-order valence-electron chi connectivity index (χ2n) is 3.74. The van der Waals surface area contributed by atoms with E-state index >= 15 is 0 Å². The maximum atomic E-state index is 10.7. The Kier molecular flexibility index (Phi) is 4.88. The van der Waals surface area contributed by atoms with Gasteiger partial charge in [0.2, 0.25) is 0 Å². The Morgan fingerprint density at radius 1 is 1.27 bits per heavy atom. The molecule has 82 valence electrons. The molecule has 0 N–H and O–H groups in total. The van der Waals surface area contributed by atoms with Crippen LogP contribution in [0.2, 0.25) is 0 Å². The Morgan fingerprint density at radius 3 is 2.47 bits per heavy atom. The highest BCUT2D eigenvalue weighted by Gasteiger charge is 1.97. The Balaban J connectivity index is 2.45. The van der Waals surface area contributed by atoms with E-state index in [0.29, 0.717) is 0 Å². The first kappa shape index (κ1) is 11.8. The van der Waals surface area contributed by atoms with Gasteiger partial charge in [-0.2, -0.15) is 0 Å². The van der Waals surface area contributed by atoms with Crippen LogP contribution in [0.5, 0.6) is 5.75 Å². The van der Waals surface area contributed by atoms with Crippen molar-refractivity contribution in [1.29, 1.82) is 0 Å². The number of ketones is 1. The standard InChI is InChI=1S/C13H18O2/c1-3-4-5-12-6-8-13(9-7-12)15-10-11(2)14/h6-9H,3-5,10H2,1-2H3. The Morgan fingerprint density at radius 2 is 1.93 bits per heavy atom. The van der Waals surface area contributed by atoms with E-state index < -0.39 is 0 Å².